The number of morpholine rings is 1. The van der Waals surface area contributed by atoms with Gasteiger partial charge >= 0.3 is 5.51 Å². The van der Waals surface area contributed by atoms with Crippen molar-refractivity contribution >= 4 is 66.4 Å². The van der Waals surface area contributed by atoms with E-state index in [4.69, 9.17) is 22.1 Å². The van der Waals surface area contributed by atoms with Crippen molar-refractivity contribution in [2.75, 3.05) is 68.5 Å². The number of piperidine rings is 1. The van der Waals surface area contributed by atoms with Crippen molar-refractivity contribution < 1.29 is 44.3 Å². The van der Waals surface area contributed by atoms with E-state index >= 15 is 0 Å². The Bertz CT molecular complexity index is 2740. The Kier molecular flexibility index (Phi) is 16.8. The number of halogens is 4. The number of carbonyl (C=O) groups is 2. The second-order valence-electron chi connectivity index (χ2n) is 16.5. The molecule has 0 radical (unpaired) electrons. The molecule has 0 bridgehead atoms. The molecule has 5 aromatic rings. The number of nitrogens with two attached hydrogens (primary N) is 1. The second-order valence-corrected chi connectivity index (χ2v) is 21.6. The number of carbonyl (C=O) groups excluding carboxylic acids is 2. The summed E-state index contributed by atoms with van der Waals surface area (Å²) in [5, 5.41) is 6.73. The zero-order valence-electron chi connectivity index (χ0n) is 36.8. The number of sulfone groups is 1. The molecule has 13 nitrogen and oxygen atoms in total. The van der Waals surface area contributed by atoms with E-state index in [1.165, 1.54) is 23.9 Å². The number of rotatable bonds is 18. The number of benzene rings is 5. The first-order valence-corrected chi connectivity index (χ1v) is 26.3. The summed E-state index contributed by atoms with van der Waals surface area (Å²) < 4.78 is 103. The van der Waals surface area contributed by atoms with Crippen molar-refractivity contribution in [2.45, 2.75) is 51.5 Å². The first-order chi connectivity index (χ1) is 32.5. The predicted molar refractivity (Wildman–Crippen MR) is 259 cm³/mol. The predicted octanol–water partition coefficient (Wildman–Crippen LogP) is 7.75. The van der Waals surface area contributed by atoms with Gasteiger partial charge in [-0.15, -0.1) is 11.8 Å². The van der Waals surface area contributed by atoms with Crippen LogP contribution in [0.15, 0.2) is 136 Å². The molecule has 2 amide bonds. The van der Waals surface area contributed by atoms with Gasteiger partial charge in [0, 0.05) is 65.7 Å². The zero-order chi connectivity index (χ0) is 48.5. The van der Waals surface area contributed by atoms with Crippen LogP contribution in [0.25, 0.3) is 11.1 Å². The number of nitrogens with one attached hydrogen (secondary N) is 3. The van der Waals surface area contributed by atoms with Crippen LogP contribution in [0, 0.1) is 5.92 Å². The van der Waals surface area contributed by atoms with E-state index in [-0.39, 0.29) is 30.0 Å². The maximum atomic E-state index is 14.2. The highest BCUT2D eigenvalue weighted by atomic mass is 35.5. The van der Waals surface area contributed by atoms with Gasteiger partial charge in [-0.2, -0.15) is 13.2 Å². The summed E-state index contributed by atoms with van der Waals surface area (Å²) in [6.07, 6.45) is 1.80. The fraction of sp³-hybridized carbons (Fsp3) is 0.333. The van der Waals surface area contributed by atoms with Crippen LogP contribution in [0.2, 0.25) is 5.02 Å². The molecule has 2 heterocycles. The average Bonchev–Trinajstić information content (AvgIpc) is 3.34. The van der Waals surface area contributed by atoms with E-state index in [0.29, 0.717) is 82.0 Å². The Labute approximate surface area is 403 Å². The van der Waals surface area contributed by atoms with Crippen molar-refractivity contribution in [1.29, 1.82) is 0 Å². The Morgan fingerprint density at radius 2 is 1.50 bits per heavy atom. The first-order valence-electron chi connectivity index (χ1n) is 22.0. The number of hydrogen-bond donors (Lipinski definition) is 4. The van der Waals surface area contributed by atoms with Crippen molar-refractivity contribution in [1.82, 2.24) is 14.9 Å². The Hall–Kier alpha value is -5.15. The van der Waals surface area contributed by atoms with E-state index in [0.717, 1.165) is 39.4 Å². The summed E-state index contributed by atoms with van der Waals surface area (Å²) in [6.45, 7) is 3.96. The number of sulfonamides is 1. The Morgan fingerprint density at radius 3 is 2.16 bits per heavy atom. The molecule has 5 N–H and O–H groups in total. The van der Waals surface area contributed by atoms with Gasteiger partial charge in [-0.1, -0.05) is 66.2 Å². The zero-order valence-corrected chi connectivity index (χ0v) is 40.0. The normalized spacial score (nSPS) is 16.2. The van der Waals surface area contributed by atoms with Crippen LogP contribution in [-0.2, 0) is 29.4 Å². The molecule has 1 unspecified atom stereocenters. The second kappa shape index (κ2) is 22.5. The molecule has 5 aromatic carbocycles. The van der Waals surface area contributed by atoms with E-state index < -0.39 is 52.8 Å². The average molecular weight is 1010 g/mol. The van der Waals surface area contributed by atoms with Gasteiger partial charge in [-0.25, -0.2) is 21.6 Å². The summed E-state index contributed by atoms with van der Waals surface area (Å²) >= 11 is 7.60. The van der Waals surface area contributed by atoms with Crippen molar-refractivity contribution in [3.63, 3.8) is 0 Å². The lowest BCUT2D eigenvalue weighted by atomic mass is 9.82. The Balaban J connectivity index is 1.04. The number of ether oxygens (including phenoxy) is 1. The number of anilines is 2. The minimum atomic E-state index is -6.08. The quantitative estimate of drug-likeness (QED) is 0.0629. The van der Waals surface area contributed by atoms with E-state index in [1.54, 1.807) is 12.1 Å². The van der Waals surface area contributed by atoms with Crippen LogP contribution in [0.4, 0.5) is 24.5 Å². The molecule has 20 heteroatoms. The van der Waals surface area contributed by atoms with Gasteiger partial charge in [0.25, 0.3) is 25.8 Å². The third-order valence-corrected chi connectivity index (χ3v) is 16.3. The number of amides is 2. The minimum Gasteiger partial charge on any atom is -0.380 e. The number of nitrogens with zero attached hydrogens (tertiary/aromatic N) is 2. The lowest BCUT2D eigenvalue weighted by Crippen LogP contribution is -2.42. The molecular formula is C48H52ClF3N6O7S3. The van der Waals surface area contributed by atoms with Crippen LogP contribution < -0.4 is 26.0 Å². The van der Waals surface area contributed by atoms with Crippen LogP contribution in [0.1, 0.15) is 41.2 Å². The summed E-state index contributed by atoms with van der Waals surface area (Å²) in [5.74, 6) is -0.962. The van der Waals surface area contributed by atoms with Crippen LogP contribution >= 0.6 is 23.4 Å². The third kappa shape index (κ3) is 12.7. The number of thioether (sulfide) groups is 1. The van der Waals surface area contributed by atoms with Gasteiger partial charge in [0.2, 0.25) is 5.91 Å². The summed E-state index contributed by atoms with van der Waals surface area (Å²) in [4.78, 5) is 29.1. The summed E-state index contributed by atoms with van der Waals surface area (Å²) in [7, 11) is -11.0. The molecule has 0 spiro atoms. The highest BCUT2D eigenvalue weighted by Gasteiger charge is 2.48. The highest BCUT2D eigenvalue weighted by Crippen LogP contribution is 2.39. The molecule has 2 aliphatic rings. The molecule has 68 heavy (non-hydrogen) atoms. The maximum absolute atomic E-state index is 14.2. The number of alkyl halides is 3. The minimum absolute atomic E-state index is 0.0439. The van der Waals surface area contributed by atoms with Crippen LogP contribution in [-0.4, -0.2) is 103 Å². The summed E-state index contributed by atoms with van der Waals surface area (Å²) in [6, 6.07) is 32.3. The molecule has 0 aromatic heterocycles. The molecule has 2 atom stereocenters. The number of hydrogen-bond acceptors (Lipinski definition) is 12. The molecule has 2 saturated heterocycles. The lowest BCUT2D eigenvalue weighted by Gasteiger charge is -2.38. The lowest BCUT2D eigenvalue weighted by molar-refractivity contribution is -0.120. The van der Waals surface area contributed by atoms with Gasteiger partial charge in [-0.05, 0) is 109 Å². The van der Waals surface area contributed by atoms with E-state index in [9.17, 15) is 39.6 Å². The third-order valence-electron chi connectivity index (χ3n) is 12.0. The molecule has 0 saturated carbocycles. The van der Waals surface area contributed by atoms with E-state index in [2.05, 4.69) is 20.4 Å². The Morgan fingerprint density at radius 1 is 0.838 bits per heavy atom. The van der Waals surface area contributed by atoms with Gasteiger partial charge in [0.1, 0.15) is 4.90 Å². The first kappa shape index (κ1) is 50.7. The monoisotopic (exact) mass is 1010 g/mol. The molecule has 0 aliphatic carbocycles. The highest BCUT2D eigenvalue weighted by molar-refractivity contribution is 7.99. The van der Waals surface area contributed by atoms with Crippen LogP contribution in [0.5, 0.6) is 0 Å². The van der Waals surface area contributed by atoms with Crippen molar-refractivity contribution in [2.24, 2.45) is 11.7 Å². The SMILES string of the molecule is NCC(=O)N[C@@H](c1ccccc1-c1ccc(Cl)cc1)C1CCN(c2ccc(C(=O)NS(=O)(=O)c3ccc(NC(CCN4CCOCC4)CSc4ccccc4)c(S(=O)(=O)C(F)(F)F)c3)cc2)CC1. The van der Waals surface area contributed by atoms with E-state index in [1.807, 2.05) is 83.6 Å². The van der Waals surface area contributed by atoms with Crippen molar-refractivity contribution in [3.8, 4) is 11.1 Å². The molecule has 2 fully saturated rings. The molecule has 7 rings (SSSR count). The maximum Gasteiger partial charge on any atom is 0.501 e. The smallest absolute Gasteiger partial charge is 0.380 e. The molecular weight excluding hydrogens is 961 g/mol. The van der Waals surface area contributed by atoms with Gasteiger partial charge in [-0.3, -0.25) is 14.5 Å². The fourth-order valence-electron chi connectivity index (χ4n) is 8.33. The molecule has 362 valence electrons. The standard InChI is InChI=1S/C48H52ClF3N6O7S3/c49-36-14-10-33(11-15-36)41-8-4-5-9-42(41)46(55-45(59)31-53)34-20-24-58(25-21-34)38-16-12-35(13-17-38)47(60)56-68(63,64)40-18-19-43(44(30-40)67(61,62)48(50,51)52)54-37(22-23-57-26-28-65-29-27-57)32-66-39-6-2-1-3-7-39/h1-19,30,34,37,46,54H,20-29,31-32,53H2,(H,55,59)(H,56,60)/t37?,46-/m1/s1. The topological polar surface area (TPSA) is 180 Å². The van der Waals surface area contributed by atoms with Crippen LogP contribution in [0.3, 0.4) is 0 Å². The van der Waals surface area contributed by atoms with Gasteiger partial charge in [0.15, 0.2) is 0 Å². The largest absolute Gasteiger partial charge is 0.501 e. The summed E-state index contributed by atoms with van der Waals surface area (Å²) in [5.41, 5.74) is 3.09. The van der Waals surface area contributed by atoms with Crippen molar-refractivity contribution in [3.05, 3.63) is 137 Å². The van der Waals surface area contributed by atoms with Gasteiger partial charge in [0.05, 0.1) is 36.4 Å². The fourth-order valence-corrected chi connectivity index (χ4v) is 11.5. The molecule has 2 aliphatic heterocycles. The van der Waals surface area contributed by atoms with Gasteiger partial charge < -0.3 is 26.0 Å².